The molecular weight excluding hydrogens is 342 g/mol. The predicted octanol–water partition coefficient (Wildman–Crippen LogP) is 2.34. The number of aryl methyl sites for hydroxylation is 1. The molecule has 1 aliphatic rings. The van der Waals surface area contributed by atoms with Gasteiger partial charge in [0.25, 0.3) is 5.91 Å². The van der Waals surface area contributed by atoms with Crippen LogP contribution in [-0.2, 0) is 9.59 Å². The number of rotatable bonds is 8. The summed E-state index contributed by atoms with van der Waals surface area (Å²) in [5.74, 6) is 1.02. The first-order valence-electron chi connectivity index (χ1n) is 9.92. The number of carbonyl (C=O) groups excluding carboxylic acids is 2. The average Bonchev–Trinajstić information content (AvgIpc) is 2.64. The number of nitrogens with one attached hydrogen (secondary N) is 1. The number of piperidine rings is 1. The van der Waals surface area contributed by atoms with Crippen LogP contribution < -0.4 is 15.8 Å². The summed E-state index contributed by atoms with van der Waals surface area (Å²) in [6, 6.07) is 6.15. The fourth-order valence-corrected chi connectivity index (χ4v) is 3.46. The highest BCUT2D eigenvalue weighted by Gasteiger charge is 2.27. The Kier molecular flexibility index (Phi) is 8.10. The van der Waals surface area contributed by atoms with Gasteiger partial charge in [-0.2, -0.15) is 0 Å². The van der Waals surface area contributed by atoms with Crippen molar-refractivity contribution in [1.82, 2.24) is 10.2 Å². The van der Waals surface area contributed by atoms with Gasteiger partial charge in [0.15, 0.2) is 6.61 Å². The van der Waals surface area contributed by atoms with Gasteiger partial charge in [-0.25, -0.2) is 0 Å². The molecule has 150 valence electrons. The van der Waals surface area contributed by atoms with Crippen molar-refractivity contribution in [1.29, 1.82) is 0 Å². The monoisotopic (exact) mass is 375 g/mol. The summed E-state index contributed by atoms with van der Waals surface area (Å²) in [4.78, 5) is 26.3. The molecule has 0 bridgehead atoms. The van der Waals surface area contributed by atoms with E-state index in [0.717, 1.165) is 36.1 Å². The molecule has 3 N–H and O–H groups in total. The molecule has 1 saturated heterocycles. The van der Waals surface area contributed by atoms with E-state index in [4.69, 9.17) is 10.5 Å². The van der Waals surface area contributed by atoms with Gasteiger partial charge in [-0.3, -0.25) is 9.59 Å². The molecule has 1 aromatic carbocycles. The van der Waals surface area contributed by atoms with Gasteiger partial charge in [-0.05, 0) is 49.3 Å². The number of carbonyl (C=O) groups is 2. The maximum atomic E-state index is 12.8. The summed E-state index contributed by atoms with van der Waals surface area (Å²) in [6.07, 6.45) is 3.27. The van der Waals surface area contributed by atoms with Crippen LogP contribution in [0.3, 0.4) is 0 Å². The first kappa shape index (κ1) is 21.2. The van der Waals surface area contributed by atoms with Gasteiger partial charge in [0.1, 0.15) is 5.75 Å². The Morgan fingerprint density at radius 3 is 2.81 bits per heavy atom. The van der Waals surface area contributed by atoms with Crippen molar-refractivity contribution in [3.8, 4) is 5.75 Å². The molecule has 1 heterocycles. The molecule has 2 amide bonds. The van der Waals surface area contributed by atoms with E-state index in [1.165, 1.54) is 0 Å². The van der Waals surface area contributed by atoms with Crippen molar-refractivity contribution in [2.45, 2.75) is 58.4 Å². The molecule has 0 aromatic heterocycles. The van der Waals surface area contributed by atoms with Crippen LogP contribution in [0.5, 0.6) is 5.75 Å². The molecule has 1 fully saturated rings. The van der Waals surface area contributed by atoms with E-state index in [2.05, 4.69) is 31.3 Å². The lowest BCUT2D eigenvalue weighted by Gasteiger charge is -2.36. The Morgan fingerprint density at radius 2 is 2.11 bits per heavy atom. The minimum Gasteiger partial charge on any atom is -0.483 e. The van der Waals surface area contributed by atoms with Crippen LogP contribution in [0.15, 0.2) is 18.2 Å². The third-order valence-corrected chi connectivity index (χ3v) is 5.00. The van der Waals surface area contributed by atoms with Gasteiger partial charge in [0.2, 0.25) is 5.91 Å². The highest BCUT2D eigenvalue weighted by molar-refractivity contribution is 5.79. The van der Waals surface area contributed by atoms with Crippen LogP contribution in [0.25, 0.3) is 0 Å². The largest absolute Gasteiger partial charge is 0.483 e. The number of benzene rings is 1. The molecule has 0 spiro atoms. The number of hydrogen-bond acceptors (Lipinski definition) is 4. The number of ether oxygens (including phenoxy) is 1. The minimum absolute atomic E-state index is 0.0241. The van der Waals surface area contributed by atoms with Crippen LogP contribution in [0.4, 0.5) is 0 Å². The van der Waals surface area contributed by atoms with Crippen molar-refractivity contribution in [3.05, 3.63) is 29.3 Å². The second kappa shape index (κ2) is 10.3. The number of hydrogen-bond donors (Lipinski definition) is 2. The van der Waals surface area contributed by atoms with Crippen molar-refractivity contribution < 1.29 is 14.3 Å². The van der Waals surface area contributed by atoms with E-state index in [-0.39, 0.29) is 24.5 Å². The Labute approximate surface area is 162 Å². The molecule has 27 heavy (non-hydrogen) atoms. The molecule has 1 aliphatic heterocycles. The minimum atomic E-state index is -0.0620. The van der Waals surface area contributed by atoms with Gasteiger partial charge in [-0.1, -0.05) is 26.0 Å². The Morgan fingerprint density at radius 1 is 1.33 bits per heavy atom. The van der Waals surface area contributed by atoms with E-state index in [1.807, 2.05) is 17.9 Å². The van der Waals surface area contributed by atoms with Gasteiger partial charge in [0.05, 0.1) is 0 Å². The zero-order chi connectivity index (χ0) is 19.8. The molecule has 6 heteroatoms. The molecule has 0 saturated carbocycles. The molecule has 2 rings (SSSR count). The quantitative estimate of drug-likeness (QED) is 0.730. The number of likely N-dealkylation sites (tertiary alicyclic amines) is 1. The summed E-state index contributed by atoms with van der Waals surface area (Å²) in [5, 5.41) is 2.89. The number of nitrogens with zero attached hydrogens (tertiary/aromatic N) is 1. The van der Waals surface area contributed by atoms with Gasteiger partial charge in [-0.15, -0.1) is 0 Å². The van der Waals surface area contributed by atoms with Crippen molar-refractivity contribution >= 4 is 11.8 Å². The van der Waals surface area contributed by atoms with E-state index in [1.54, 1.807) is 0 Å². The normalized spacial score (nSPS) is 17.1. The highest BCUT2D eigenvalue weighted by Crippen LogP contribution is 2.27. The average molecular weight is 376 g/mol. The Balaban J connectivity index is 1.97. The predicted molar refractivity (Wildman–Crippen MR) is 107 cm³/mol. The zero-order valence-electron chi connectivity index (χ0n) is 16.8. The van der Waals surface area contributed by atoms with E-state index in [0.29, 0.717) is 32.0 Å². The topological polar surface area (TPSA) is 84.7 Å². The van der Waals surface area contributed by atoms with Crippen molar-refractivity contribution in [2.75, 3.05) is 26.2 Å². The van der Waals surface area contributed by atoms with Gasteiger partial charge < -0.3 is 20.7 Å². The molecule has 0 aliphatic carbocycles. The summed E-state index contributed by atoms with van der Waals surface area (Å²) >= 11 is 0. The first-order chi connectivity index (χ1) is 12.9. The molecular formula is C21H33N3O3. The molecule has 0 radical (unpaired) electrons. The van der Waals surface area contributed by atoms with Crippen LogP contribution >= 0.6 is 0 Å². The lowest BCUT2D eigenvalue weighted by Crippen LogP contribution is -2.50. The maximum Gasteiger partial charge on any atom is 0.260 e. The summed E-state index contributed by atoms with van der Waals surface area (Å²) < 4.78 is 5.91. The van der Waals surface area contributed by atoms with E-state index < -0.39 is 0 Å². The summed E-state index contributed by atoms with van der Waals surface area (Å²) in [7, 11) is 0. The fourth-order valence-electron chi connectivity index (χ4n) is 3.46. The van der Waals surface area contributed by atoms with Gasteiger partial charge >= 0.3 is 0 Å². The van der Waals surface area contributed by atoms with Crippen LogP contribution in [0.2, 0.25) is 0 Å². The number of nitrogens with two attached hydrogens (primary N) is 1. The lowest BCUT2D eigenvalue weighted by atomic mass is 10.0. The third-order valence-electron chi connectivity index (χ3n) is 5.00. The van der Waals surface area contributed by atoms with Crippen LogP contribution in [-0.4, -0.2) is 49.0 Å². The van der Waals surface area contributed by atoms with Crippen LogP contribution in [0.1, 0.15) is 56.6 Å². The van der Waals surface area contributed by atoms with Crippen molar-refractivity contribution in [3.63, 3.8) is 0 Å². The Hall–Kier alpha value is -2.08. The standard InChI is InChI=1S/C21H33N3O3/c1-15(2)18-8-7-16(3)12-19(18)27-14-21(26)24-11-5-4-6-17(24)13-23-20(25)9-10-22/h7-8,12,15,17H,4-6,9-11,13-14,22H2,1-3H3,(H,23,25). The smallest absolute Gasteiger partial charge is 0.260 e. The fraction of sp³-hybridized carbons (Fsp3) is 0.619. The van der Waals surface area contributed by atoms with Crippen molar-refractivity contribution in [2.24, 2.45) is 5.73 Å². The second-order valence-corrected chi connectivity index (χ2v) is 7.56. The lowest BCUT2D eigenvalue weighted by molar-refractivity contribution is -0.137. The first-order valence-corrected chi connectivity index (χ1v) is 9.92. The van der Waals surface area contributed by atoms with Crippen LogP contribution in [0, 0.1) is 6.92 Å². The maximum absolute atomic E-state index is 12.8. The SMILES string of the molecule is Cc1ccc(C(C)C)c(OCC(=O)N2CCCCC2CNC(=O)CCN)c1. The molecule has 1 aromatic rings. The molecule has 6 nitrogen and oxygen atoms in total. The number of amides is 2. The highest BCUT2D eigenvalue weighted by atomic mass is 16.5. The summed E-state index contributed by atoms with van der Waals surface area (Å²) in [5.41, 5.74) is 7.63. The second-order valence-electron chi connectivity index (χ2n) is 7.56. The van der Waals surface area contributed by atoms with Gasteiger partial charge in [0, 0.05) is 32.1 Å². The van der Waals surface area contributed by atoms with E-state index >= 15 is 0 Å². The Bertz CT molecular complexity index is 646. The summed E-state index contributed by atoms with van der Waals surface area (Å²) in [6.45, 7) is 7.80. The molecule has 1 unspecified atom stereocenters. The zero-order valence-corrected chi connectivity index (χ0v) is 16.8. The van der Waals surface area contributed by atoms with E-state index in [9.17, 15) is 9.59 Å². The molecule has 1 atom stereocenters. The third kappa shape index (κ3) is 6.24.